The van der Waals surface area contributed by atoms with Gasteiger partial charge in [-0.1, -0.05) is 6.07 Å². The Kier molecular flexibility index (Phi) is 3.37. The number of hydrogen-bond acceptors (Lipinski definition) is 3. The fourth-order valence-corrected chi connectivity index (χ4v) is 1.24. The summed E-state index contributed by atoms with van der Waals surface area (Å²) < 4.78 is 4.89. The molecule has 0 unspecified atom stereocenters. The van der Waals surface area contributed by atoms with E-state index in [9.17, 15) is 4.79 Å². The number of ether oxygens (including phenoxy) is 1. The molecule has 70 valence electrons. The molecule has 0 heterocycles. The van der Waals surface area contributed by atoms with Crippen LogP contribution in [0, 0.1) is 6.92 Å². The summed E-state index contributed by atoms with van der Waals surface area (Å²) in [5.41, 5.74) is 1.51. The number of thiol groups is 1. The smallest absolute Gasteiger partial charge is 0.338 e. The van der Waals surface area contributed by atoms with Crippen molar-refractivity contribution in [3.8, 4) is 0 Å². The number of rotatable bonds is 2. The standard InChI is InChI=1S/C10H12O2S/c1-3-12-10(11)9-6-8(13)5-4-7(9)2/h4-6,13H,3H2,1-2H3. The van der Waals surface area contributed by atoms with E-state index in [2.05, 4.69) is 12.6 Å². The van der Waals surface area contributed by atoms with Gasteiger partial charge in [0.05, 0.1) is 12.2 Å². The number of aryl methyl sites for hydroxylation is 1. The molecule has 0 aliphatic rings. The Morgan fingerprint density at radius 3 is 2.85 bits per heavy atom. The summed E-state index contributed by atoms with van der Waals surface area (Å²) in [6, 6.07) is 5.42. The molecular weight excluding hydrogens is 184 g/mol. The highest BCUT2D eigenvalue weighted by Gasteiger charge is 2.09. The first-order chi connectivity index (χ1) is 6.15. The van der Waals surface area contributed by atoms with Crippen molar-refractivity contribution >= 4 is 18.6 Å². The van der Waals surface area contributed by atoms with Crippen LogP contribution in [0.15, 0.2) is 23.1 Å². The second-order valence-corrected chi connectivity index (χ2v) is 3.24. The van der Waals surface area contributed by atoms with Gasteiger partial charge >= 0.3 is 5.97 Å². The fourth-order valence-electron chi connectivity index (χ4n) is 1.04. The number of hydrogen-bond donors (Lipinski definition) is 1. The Hall–Kier alpha value is -0.960. The van der Waals surface area contributed by atoms with Crippen LogP contribution in [0.3, 0.4) is 0 Å². The minimum absolute atomic E-state index is 0.282. The first-order valence-corrected chi connectivity index (χ1v) is 4.56. The lowest BCUT2D eigenvalue weighted by molar-refractivity contribution is 0.0525. The summed E-state index contributed by atoms with van der Waals surface area (Å²) in [4.78, 5) is 12.1. The summed E-state index contributed by atoms with van der Waals surface area (Å²) in [7, 11) is 0. The molecule has 0 saturated heterocycles. The Balaban J connectivity index is 2.99. The number of carbonyl (C=O) groups is 1. The van der Waals surface area contributed by atoms with Gasteiger partial charge in [0.15, 0.2) is 0 Å². The summed E-state index contributed by atoms with van der Waals surface area (Å²) >= 11 is 4.16. The van der Waals surface area contributed by atoms with E-state index in [0.29, 0.717) is 12.2 Å². The maximum Gasteiger partial charge on any atom is 0.338 e. The zero-order valence-electron chi connectivity index (χ0n) is 7.70. The van der Waals surface area contributed by atoms with Crippen LogP contribution in [0.25, 0.3) is 0 Å². The van der Waals surface area contributed by atoms with Gasteiger partial charge in [-0.05, 0) is 31.5 Å². The molecule has 0 amide bonds. The van der Waals surface area contributed by atoms with Gasteiger partial charge < -0.3 is 4.74 Å². The lowest BCUT2D eigenvalue weighted by Crippen LogP contribution is -2.06. The molecule has 2 nitrogen and oxygen atoms in total. The number of benzene rings is 1. The zero-order valence-corrected chi connectivity index (χ0v) is 8.60. The van der Waals surface area contributed by atoms with Crippen LogP contribution in [0.4, 0.5) is 0 Å². The van der Waals surface area contributed by atoms with Gasteiger partial charge in [0, 0.05) is 4.90 Å². The Bertz CT molecular complexity index is 321. The lowest BCUT2D eigenvalue weighted by atomic mass is 10.1. The van der Waals surface area contributed by atoms with Gasteiger partial charge in [-0.3, -0.25) is 0 Å². The quantitative estimate of drug-likeness (QED) is 0.581. The van der Waals surface area contributed by atoms with Crippen LogP contribution in [0.5, 0.6) is 0 Å². The molecule has 0 aromatic heterocycles. The predicted octanol–water partition coefficient (Wildman–Crippen LogP) is 2.46. The highest BCUT2D eigenvalue weighted by atomic mass is 32.1. The molecule has 3 heteroatoms. The third-order valence-electron chi connectivity index (χ3n) is 1.72. The van der Waals surface area contributed by atoms with Gasteiger partial charge in [0.2, 0.25) is 0 Å². The minimum atomic E-state index is -0.282. The van der Waals surface area contributed by atoms with E-state index < -0.39 is 0 Å². The molecule has 0 bridgehead atoms. The second kappa shape index (κ2) is 4.33. The molecule has 0 atom stereocenters. The zero-order chi connectivity index (χ0) is 9.84. The summed E-state index contributed by atoms with van der Waals surface area (Å²) in [5, 5.41) is 0. The Morgan fingerprint density at radius 2 is 2.23 bits per heavy atom. The van der Waals surface area contributed by atoms with Gasteiger partial charge in [-0.15, -0.1) is 12.6 Å². The molecule has 0 spiro atoms. The monoisotopic (exact) mass is 196 g/mol. The van der Waals surface area contributed by atoms with Crippen molar-refractivity contribution in [3.63, 3.8) is 0 Å². The van der Waals surface area contributed by atoms with Crippen LogP contribution >= 0.6 is 12.6 Å². The van der Waals surface area contributed by atoms with Gasteiger partial charge in [0.1, 0.15) is 0 Å². The third kappa shape index (κ3) is 2.49. The van der Waals surface area contributed by atoms with Crippen LogP contribution < -0.4 is 0 Å². The van der Waals surface area contributed by atoms with E-state index in [0.717, 1.165) is 10.5 Å². The molecule has 1 aromatic rings. The van der Waals surface area contributed by atoms with Crippen molar-refractivity contribution in [1.82, 2.24) is 0 Å². The van der Waals surface area contributed by atoms with Crippen molar-refractivity contribution in [2.45, 2.75) is 18.7 Å². The highest BCUT2D eigenvalue weighted by molar-refractivity contribution is 7.80. The predicted molar refractivity (Wildman–Crippen MR) is 54.4 cm³/mol. The first-order valence-electron chi connectivity index (χ1n) is 4.12. The Labute approximate surface area is 83.3 Å². The summed E-state index contributed by atoms with van der Waals surface area (Å²) in [6.07, 6.45) is 0. The number of carbonyl (C=O) groups excluding carboxylic acids is 1. The van der Waals surface area contributed by atoms with E-state index in [1.807, 2.05) is 19.1 Å². The number of esters is 1. The molecule has 0 N–H and O–H groups in total. The molecule has 0 aliphatic carbocycles. The molecule has 0 fully saturated rings. The van der Waals surface area contributed by atoms with Crippen LogP contribution in [0.2, 0.25) is 0 Å². The van der Waals surface area contributed by atoms with Crippen LogP contribution in [0.1, 0.15) is 22.8 Å². The Morgan fingerprint density at radius 1 is 1.54 bits per heavy atom. The molecule has 0 saturated carbocycles. The highest BCUT2D eigenvalue weighted by Crippen LogP contribution is 2.14. The van der Waals surface area contributed by atoms with E-state index in [1.54, 1.807) is 13.0 Å². The van der Waals surface area contributed by atoms with Crippen molar-refractivity contribution in [1.29, 1.82) is 0 Å². The molecular formula is C10H12O2S. The first kappa shape index (κ1) is 10.1. The maximum absolute atomic E-state index is 11.4. The molecule has 0 aliphatic heterocycles. The van der Waals surface area contributed by atoms with Gasteiger partial charge in [0.25, 0.3) is 0 Å². The third-order valence-corrected chi connectivity index (χ3v) is 1.99. The second-order valence-electron chi connectivity index (χ2n) is 2.72. The van der Waals surface area contributed by atoms with Gasteiger partial charge in [-0.25, -0.2) is 4.79 Å². The van der Waals surface area contributed by atoms with Crippen molar-refractivity contribution in [2.75, 3.05) is 6.61 Å². The van der Waals surface area contributed by atoms with E-state index >= 15 is 0 Å². The van der Waals surface area contributed by atoms with Crippen molar-refractivity contribution in [3.05, 3.63) is 29.3 Å². The van der Waals surface area contributed by atoms with E-state index in [1.165, 1.54) is 0 Å². The lowest BCUT2D eigenvalue weighted by Gasteiger charge is -2.05. The maximum atomic E-state index is 11.4. The normalized spacial score (nSPS) is 9.77. The largest absolute Gasteiger partial charge is 0.462 e. The molecule has 0 radical (unpaired) electrons. The van der Waals surface area contributed by atoms with Crippen molar-refractivity contribution in [2.24, 2.45) is 0 Å². The SMILES string of the molecule is CCOC(=O)c1cc(S)ccc1C. The van der Waals surface area contributed by atoms with E-state index in [4.69, 9.17) is 4.74 Å². The molecule has 13 heavy (non-hydrogen) atoms. The average Bonchev–Trinajstić information content (AvgIpc) is 2.09. The van der Waals surface area contributed by atoms with Crippen LogP contribution in [-0.4, -0.2) is 12.6 Å². The molecule has 1 rings (SSSR count). The minimum Gasteiger partial charge on any atom is -0.462 e. The molecule has 1 aromatic carbocycles. The summed E-state index contributed by atoms with van der Waals surface area (Å²) in [6.45, 7) is 4.06. The summed E-state index contributed by atoms with van der Waals surface area (Å²) in [5.74, 6) is -0.282. The average molecular weight is 196 g/mol. The van der Waals surface area contributed by atoms with Crippen LogP contribution in [-0.2, 0) is 4.74 Å². The fraction of sp³-hybridized carbons (Fsp3) is 0.300. The van der Waals surface area contributed by atoms with Crippen molar-refractivity contribution < 1.29 is 9.53 Å². The van der Waals surface area contributed by atoms with E-state index in [-0.39, 0.29) is 5.97 Å². The van der Waals surface area contributed by atoms with Gasteiger partial charge in [-0.2, -0.15) is 0 Å². The topological polar surface area (TPSA) is 26.3 Å².